The molecule has 2 aliphatic rings. The van der Waals surface area contributed by atoms with E-state index in [9.17, 15) is 13.2 Å². The van der Waals surface area contributed by atoms with Crippen LogP contribution >= 0.6 is 0 Å². The Hall–Kier alpha value is -2.58. The second-order valence-corrected chi connectivity index (χ2v) is 9.23. The van der Waals surface area contributed by atoms with Gasteiger partial charge >= 0.3 is 0 Å². The van der Waals surface area contributed by atoms with E-state index in [1.54, 1.807) is 37.3 Å². The maximum absolute atomic E-state index is 12.9. The topological polar surface area (TPSA) is 84.9 Å². The first-order valence-electron chi connectivity index (χ1n) is 9.78. The minimum Gasteiger partial charge on any atom is -0.482 e. The molecular weight excluding hydrogens is 392 g/mol. The summed E-state index contributed by atoms with van der Waals surface area (Å²) in [5.41, 5.74) is 0.405. The number of fused-ring (bicyclic) bond motifs is 1. The normalized spacial score (nSPS) is 22.1. The van der Waals surface area contributed by atoms with E-state index < -0.39 is 22.2 Å². The fourth-order valence-corrected chi connectivity index (χ4v) is 5.17. The van der Waals surface area contributed by atoms with Crippen molar-refractivity contribution in [1.29, 1.82) is 0 Å². The third-order valence-corrected chi connectivity index (χ3v) is 7.05. The van der Waals surface area contributed by atoms with Gasteiger partial charge in [-0.05, 0) is 50.1 Å². The van der Waals surface area contributed by atoms with E-state index in [-0.39, 0.29) is 10.8 Å². The number of ether oxygens (including phenoxy) is 2. The van der Waals surface area contributed by atoms with Gasteiger partial charge in [-0.2, -0.15) is 4.31 Å². The summed E-state index contributed by atoms with van der Waals surface area (Å²) in [6.45, 7) is 2.82. The third-order valence-electron chi connectivity index (χ3n) is 5.16. The molecule has 0 spiro atoms. The van der Waals surface area contributed by atoms with Crippen molar-refractivity contribution >= 4 is 21.6 Å². The molecule has 0 aromatic heterocycles. The molecule has 2 aliphatic heterocycles. The van der Waals surface area contributed by atoms with Crippen LogP contribution in [-0.2, 0) is 14.8 Å². The number of para-hydroxylation sites is 2. The quantitative estimate of drug-likeness (QED) is 0.828. The van der Waals surface area contributed by atoms with Crippen molar-refractivity contribution in [1.82, 2.24) is 4.31 Å². The molecule has 1 saturated heterocycles. The van der Waals surface area contributed by atoms with Gasteiger partial charge in [0.05, 0.1) is 4.90 Å². The van der Waals surface area contributed by atoms with Gasteiger partial charge in [0.15, 0.2) is 11.5 Å². The van der Waals surface area contributed by atoms with Gasteiger partial charge < -0.3 is 14.8 Å². The van der Waals surface area contributed by atoms with Gasteiger partial charge in [-0.1, -0.05) is 24.6 Å². The SMILES string of the molecule is C[C@@H]1Oc2ccccc2O[C@@H]1C(=O)Nc1cccc(S(=O)(=O)N2CCCCC2)c1. The molecule has 29 heavy (non-hydrogen) atoms. The summed E-state index contributed by atoms with van der Waals surface area (Å²) in [5, 5.41) is 2.76. The summed E-state index contributed by atoms with van der Waals surface area (Å²) < 4.78 is 38.9. The number of benzene rings is 2. The molecular formula is C21H24N2O5S. The van der Waals surface area contributed by atoms with Crippen molar-refractivity contribution in [3.8, 4) is 11.5 Å². The highest BCUT2D eigenvalue weighted by atomic mass is 32.2. The van der Waals surface area contributed by atoms with Gasteiger partial charge in [-0.25, -0.2) is 8.42 Å². The lowest BCUT2D eigenvalue weighted by molar-refractivity contribution is -0.128. The van der Waals surface area contributed by atoms with Crippen molar-refractivity contribution < 1.29 is 22.7 Å². The lowest BCUT2D eigenvalue weighted by Crippen LogP contribution is -2.46. The molecule has 0 unspecified atom stereocenters. The fourth-order valence-electron chi connectivity index (χ4n) is 3.61. The van der Waals surface area contributed by atoms with Crippen LogP contribution in [0.5, 0.6) is 11.5 Å². The average Bonchev–Trinajstić information content (AvgIpc) is 2.74. The minimum absolute atomic E-state index is 0.177. The Morgan fingerprint density at radius 3 is 2.41 bits per heavy atom. The number of amides is 1. The van der Waals surface area contributed by atoms with Crippen molar-refractivity contribution in [3.63, 3.8) is 0 Å². The molecule has 4 rings (SSSR count). The molecule has 0 aliphatic carbocycles. The highest BCUT2D eigenvalue weighted by molar-refractivity contribution is 7.89. The number of sulfonamides is 1. The van der Waals surface area contributed by atoms with Gasteiger partial charge in [-0.15, -0.1) is 0 Å². The van der Waals surface area contributed by atoms with Gasteiger partial charge in [-0.3, -0.25) is 4.79 Å². The monoisotopic (exact) mass is 416 g/mol. The highest BCUT2D eigenvalue weighted by Crippen LogP contribution is 2.33. The van der Waals surface area contributed by atoms with Crippen LogP contribution in [0.4, 0.5) is 5.69 Å². The van der Waals surface area contributed by atoms with Crippen molar-refractivity contribution in [2.45, 2.75) is 43.3 Å². The maximum atomic E-state index is 12.9. The number of piperidine rings is 1. The molecule has 2 atom stereocenters. The summed E-state index contributed by atoms with van der Waals surface area (Å²) in [6.07, 6.45) is 1.46. The van der Waals surface area contributed by atoms with Gasteiger partial charge in [0.1, 0.15) is 6.10 Å². The number of rotatable bonds is 4. The molecule has 0 saturated carbocycles. The molecule has 154 valence electrons. The van der Waals surface area contributed by atoms with Crippen molar-refractivity contribution in [3.05, 3.63) is 48.5 Å². The number of nitrogens with zero attached hydrogens (tertiary/aromatic N) is 1. The van der Waals surface area contributed by atoms with Crippen LogP contribution in [-0.4, -0.2) is 43.9 Å². The average molecular weight is 416 g/mol. The maximum Gasteiger partial charge on any atom is 0.269 e. The Balaban J connectivity index is 1.50. The van der Waals surface area contributed by atoms with Crippen LogP contribution in [0.1, 0.15) is 26.2 Å². The summed E-state index contributed by atoms with van der Waals surface area (Å²) in [4.78, 5) is 13.0. The lowest BCUT2D eigenvalue weighted by atomic mass is 10.1. The van der Waals surface area contributed by atoms with E-state index in [0.29, 0.717) is 30.3 Å². The summed E-state index contributed by atoms with van der Waals surface area (Å²) in [5.74, 6) is 0.713. The van der Waals surface area contributed by atoms with Crippen LogP contribution in [0.3, 0.4) is 0 Å². The van der Waals surface area contributed by atoms with E-state index >= 15 is 0 Å². The molecule has 2 heterocycles. The van der Waals surface area contributed by atoms with Crippen molar-refractivity contribution in [2.75, 3.05) is 18.4 Å². The predicted octanol–water partition coefficient (Wildman–Crippen LogP) is 3.03. The smallest absolute Gasteiger partial charge is 0.269 e. The Morgan fingerprint density at radius 2 is 1.69 bits per heavy atom. The molecule has 0 bridgehead atoms. The predicted molar refractivity (Wildman–Crippen MR) is 109 cm³/mol. The summed E-state index contributed by atoms with van der Waals surface area (Å²) in [6, 6.07) is 13.5. The number of carbonyl (C=O) groups is 1. The lowest BCUT2D eigenvalue weighted by Gasteiger charge is -2.31. The Bertz CT molecular complexity index is 1000. The number of anilines is 1. The standard InChI is InChI=1S/C21H24N2O5S/c1-15-20(28-19-11-4-3-10-18(19)27-15)21(24)22-16-8-7-9-17(14-16)29(25,26)23-12-5-2-6-13-23/h3-4,7-11,14-15,20H,2,5-6,12-13H2,1H3,(H,22,24)/t15-,20-/m0/s1. The van der Waals surface area contributed by atoms with E-state index in [0.717, 1.165) is 19.3 Å². The number of nitrogens with one attached hydrogen (secondary N) is 1. The first kappa shape index (κ1) is 19.7. The molecule has 7 nitrogen and oxygen atoms in total. The number of hydrogen-bond donors (Lipinski definition) is 1. The van der Waals surface area contributed by atoms with Gasteiger partial charge in [0, 0.05) is 18.8 Å². The molecule has 8 heteroatoms. The van der Waals surface area contributed by atoms with Crippen LogP contribution in [0.25, 0.3) is 0 Å². The van der Waals surface area contributed by atoms with Crippen LogP contribution < -0.4 is 14.8 Å². The molecule has 0 radical (unpaired) electrons. The van der Waals surface area contributed by atoms with E-state index in [1.165, 1.54) is 10.4 Å². The summed E-state index contributed by atoms with van der Waals surface area (Å²) in [7, 11) is -3.57. The van der Waals surface area contributed by atoms with Crippen molar-refractivity contribution in [2.24, 2.45) is 0 Å². The van der Waals surface area contributed by atoms with Crippen LogP contribution in [0.15, 0.2) is 53.4 Å². The van der Waals surface area contributed by atoms with E-state index in [1.807, 2.05) is 12.1 Å². The number of carbonyl (C=O) groups excluding carboxylic acids is 1. The Labute approximate surface area is 170 Å². The van der Waals surface area contributed by atoms with E-state index in [4.69, 9.17) is 9.47 Å². The van der Waals surface area contributed by atoms with E-state index in [2.05, 4.69) is 5.32 Å². The minimum atomic E-state index is -3.57. The second-order valence-electron chi connectivity index (χ2n) is 7.29. The third kappa shape index (κ3) is 4.09. The first-order chi connectivity index (χ1) is 13.9. The highest BCUT2D eigenvalue weighted by Gasteiger charge is 2.34. The summed E-state index contributed by atoms with van der Waals surface area (Å²) >= 11 is 0. The second kappa shape index (κ2) is 8.04. The van der Waals surface area contributed by atoms with Gasteiger partial charge in [0.2, 0.25) is 16.1 Å². The number of hydrogen-bond acceptors (Lipinski definition) is 5. The zero-order valence-electron chi connectivity index (χ0n) is 16.2. The van der Waals surface area contributed by atoms with Gasteiger partial charge in [0.25, 0.3) is 5.91 Å². The molecule has 1 amide bonds. The van der Waals surface area contributed by atoms with Crippen LogP contribution in [0.2, 0.25) is 0 Å². The van der Waals surface area contributed by atoms with Crippen LogP contribution in [0, 0.1) is 0 Å². The zero-order chi connectivity index (χ0) is 20.4. The Kier molecular flexibility index (Phi) is 5.47. The first-order valence-corrected chi connectivity index (χ1v) is 11.2. The molecule has 1 N–H and O–H groups in total. The Morgan fingerprint density at radius 1 is 1.00 bits per heavy atom. The molecule has 2 aromatic rings. The zero-order valence-corrected chi connectivity index (χ0v) is 17.0. The molecule has 2 aromatic carbocycles. The fraction of sp³-hybridized carbons (Fsp3) is 0.381. The molecule has 1 fully saturated rings. The largest absolute Gasteiger partial charge is 0.482 e.